The maximum absolute atomic E-state index is 11.9. The van der Waals surface area contributed by atoms with Crippen molar-refractivity contribution in [3.8, 4) is 0 Å². The summed E-state index contributed by atoms with van der Waals surface area (Å²) in [5, 5.41) is 11.2. The third kappa shape index (κ3) is 5.12. The summed E-state index contributed by atoms with van der Waals surface area (Å²) < 4.78 is 7.51. The van der Waals surface area contributed by atoms with E-state index in [0.717, 1.165) is 17.0 Å². The number of ether oxygens (including phenoxy) is 1. The fourth-order valence-electron chi connectivity index (χ4n) is 2.56. The number of benzene rings is 1. The fraction of sp³-hybridized carbons (Fsp3) is 0.316. The van der Waals surface area contributed by atoms with Crippen LogP contribution in [0.25, 0.3) is 5.65 Å². The van der Waals surface area contributed by atoms with Gasteiger partial charge < -0.3 is 10.1 Å². The fourth-order valence-corrected chi connectivity index (χ4v) is 2.56. The van der Waals surface area contributed by atoms with Crippen molar-refractivity contribution < 1.29 is 9.53 Å². The van der Waals surface area contributed by atoms with E-state index in [9.17, 15) is 4.79 Å². The van der Waals surface area contributed by atoms with E-state index >= 15 is 0 Å². The Kier molecular flexibility index (Phi) is 6.11. The molecule has 25 heavy (non-hydrogen) atoms. The van der Waals surface area contributed by atoms with Gasteiger partial charge >= 0.3 is 0 Å². The summed E-state index contributed by atoms with van der Waals surface area (Å²) in [6.07, 6.45) is 3.76. The summed E-state index contributed by atoms with van der Waals surface area (Å²) in [6.45, 7) is 1.72. The van der Waals surface area contributed by atoms with Gasteiger partial charge in [-0.05, 0) is 24.1 Å². The predicted octanol–water partition coefficient (Wildman–Crippen LogP) is 2.39. The van der Waals surface area contributed by atoms with Crippen LogP contribution < -0.4 is 5.32 Å². The Morgan fingerprint density at radius 2 is 1.92 bits per heavy atom. The van der Waals surface area contributed by atoms with Crippen LogP contribution in [0, 0.1) is 0 Å². The summed E-state index contributed by atoms with van der Waals surface area (Å²) in [5.74, 6) is 0.888. The molecule has 0 aliphatic heterocycles. The zero-order valence-corrected chi connectivity index (χ0v) is 14.1. The number of aromatic nitrogens is 3. The van der Waals surface area contributed by atoms with E-state index in [1.807, 2.05) is 59.1 Å². The number of hydrogen-bond acceptors (Lipinski definition) is 4. The average Bonchev–Trinajstić information content (AvgIpc) is 3.06. The largest absolute Gasteiger partial charge is 0.377 e. The van der Waals surface area contributed by atoms with Crippen molar-refractivity contribution in [1.82, 2.24) is 19.9 Å². The van der Waals surface area contributed by atoms with Crippen LogP contribution in [0.2, 0.25) is 0 Å². The summed E-state index contributed by atoms with van der Waals surface area (Å²) in [5.41, 5.74) is 1.96. The first kappa shape index (κ1) is 17.1. The second kappa shape index (κ2) is 8.94. The van der Waals surface area contributed by atoms with Crippen molar-refractivity contribution in [2.45, 2.75) is 25.9 Å². The van der Waals surface area contributed by atoms with Crippen LogP contribution in [-0.4, -0.2) is 33.7 Å². The molecule has 0 fully saturated rings. The molecule has 1 N–H and O–H groups in total. The lowest BCUT2D eigenvalue weighted by Crippen LogP contribution is -2.26. The molecule has 130 valence electrons. The highest BCUT2D eigenvalue weighted by Crippen LogP contribution is 2.03. The number of nitrogens with zero attached hydrogens (tertiary/aromatic N) is 3. The topological polar surface area (TPSA) is 68.5 Å². The zero-order valence-electron chi connectivity index (χ0n) is 14.1. The van der Waals surface area contributed by atoms with E-state index in [4.69, 9.17) is 4.74 Å². The summed E-state index contributed by atoms with van der Waals surface area (Å²) in [4.78, 5) is 11.9. The molecule has 2 heterocycles. The molecule has 0 spiro atoms. The maximum Gasteiger partial charge on any atom is 0.220 e. The van der Waals surface area contributed by atoms with Crippen LogP contribution >= 0.6 is 0 Å². The molecule has 6 heteroatoms. The first-order chi connectivity index (χ1) is 12.3. The molecule has 1 aromatic carbocycles. The number of amides is 1. The predicted molar refractivity (Wildman–Crippen MR) is 95.0 cm³/mol. The SMILES string of the molecule is O=C(CCCOCc1ccccc1)NCCc1nnc2ccccn12. The number of hydrogen-bond donors (Lipinski definition) is 1. The van der Waals surface area contributed by atoms with Gasteiger partial charge in [-0.3, -0.25) is 9.20 Å². The number of carbonyl (C=O) groups excluding carboxylic acids is 1. The van der Waals surface area contributed by atoms with Gasteiger partial charge in [-0.1, -0.05) is 36.4 Å². The number of pyridine rings is 1. The smallest absolute Gasteiger partial charge is 0.220 e. The summed E-state index contributed by atoms with van der Waals surface area (Å²) >= 11 is 0. The molecule has 2 aromatic heterocycles. The van der Waals surface area contributed by atoms with Gasteiger partial charge in [0.2, 0.25) is 5.91 Å². The second-order valence-corrected chi connectivity index (χ2v) is 5.79. The third-order valence-electron chi connectivity index (χ3n) is 3.86. The van der Waals surface area contributed by atoms with Crippen LogP contribution in [0.5, 0.6) is 0 Å². The molecule has 0 aliphatic rings. The highest BCUT2D eigenvalue weighted by Gasteiger charge is 2.06. The molecular weight excluding hydrogens is 316 g/mol. The van der Waals surface area contributed by atoms with Gasteiger partial charge in [0, 0.05) is 32.2 Å². The number of rotatable bonds is 9. The quantitative estimate of drug-likeness (QED) is 0.608. The van der Waals surface area contributed by atoms with Gasteiger partial charge in [0.1, 0.15) is 5.82 Å². The Labute approximate surface area is 146 Å². The lowest BCUT2D eigenvalue weighted by atomic mass is 10.2. The van der Waals surface area contributed by atoms with Crippen molar-refractivity contribution in [2.24, 2.45) is 0 Å². The van der Waals surface area contributed by atoms with Gasteiger partial charge in [0.15, 0.2) is 5.65 Å². The zero-order chi connectivity index (χ0) is 17.3. The molecule has 0 bridgehead atoms. The Balaban J connectivity index is 1.29. The first-order valence-electron chi connectivity index (χ1n) is 8.50. The molecule has 3 aromatic rings. The van der Waals surface area contributed by atoms with Crippen molar-refractivity contribution in [3.63, 3.8) is 0 Å². The molecule has 3 rings (SSSR count). The number of nitrogens with one attached hydrogen (secondary N) is 1. The molecule has 0 saturated heterocycles. The molecule has 0 unspecified atom stereocenters. The van der Waals surface area contributed by atoms with E-state index in [0.29, 0.717) is 39.0 Å². The van der Waals surface area contributed by atoms with E-state index in [1.165, 1.54) is 0 Å². The second-order valence-electron chi connectivity index (χ2n) is 5.79. The minimum atomic E-state index is 0.0390. The van der Waals surface area contributed by atoms with E-state index in [2.05, 4.69) is 15.5 Å². The van der Waals surface area contributed by atoms with Crippen molar-refractivity contribution in [3.05, 3.63) is 66.1 Å². The maximum atomic E-state index is 11.9. The van der Waals surface area contributed by atoms with Gasteiger partial charge in [-0.2, -0.15) is 0 Å². The molecule has 1 amide bonds. The van der Waals surface area contributed by atoms with E-state index in [-0.39, 0.29) is 5.91 Å². The summed E-state index contributed by atoms with van der Waals surface area (Å²) in [7, 11) is 0. The van der Waals surface area contributed by atoms with Crippen LogP contribution in [-0.2, 0) is 22.6 Å². The van der Waals surface area contributed by atoms with Gasteiger partial charge in [-0.25, -0.2) is 0 Å². The van der Waals surface area contributed by atoms with Gasteiger partial charge in [0.25, 0.3) is 0 Å². The van der Waals surface area contributed by atoms with Crippen molar-refractivity contribution in [2.75, 3.05) is 13.2 Å². The highest BCUT2D eigenvalue weighted by atomic mass is 16.5. The molecule has 0 saturated carbocycles. The molecule has 0 aliphatic carbocycles. The van der Waals surface area contributed by atoms with Gasteiger partial charge in [0.05, 0.1) is 6.61 Å². The van der Waals surface area contributed by atoms with Crippen LogP contribution in [0.1, 0.15) is 24.2 Å². The molecule has 0 atom stereocenters. The Hall–Kier alpha value is -2.73. The molecule has 6 nitrogen and oxygen atoms in total. The van der Waals surface area contributed by atoms with E-state index in [1.54, 1.807) is 0 Å². The van der Waals surface area contributed by atoms with Gasteiger partial charge in [-0.15, -0.1) is 10.2 Å². The summed E-state index contributed by atoms with van der Waals surface area (Å²) in [6, 6.07) is 15.8. The lowest BCUT2D eigenvalue weighted by molar-refractivity contribution is -0.121. The monoisotopic (exact) mass is 338 g/mol. The number of fused-ring (bicyclic) bond motifs is 1. The third-order valence-corrected chi connectivity index (χ3v) is 3.86. The van der Waals surface area contributed by atoms with Crippen LogP contribution in [0.3, 0.4) is 0 Å². The standard InChI is InChI=1S/C19H22N4O2/c24-19(10-6-14-25-15-16-7-2-1-3-8-16)20-12-11-18-22-21-17-9-4-5-13-23(17)18/h1-5,7-9,13H,6,10-12,14-15H2,(H,20,24). The first-order valence-corrected chi connectivity index (χ1v) is 8.50. The number of carbonyl (C=O) groups is 1. The van der Waals surface area contributed by atoms with Crippen LogP contribution in [0.15, 0.2) is 54.7 Å². The molecule has 0 radical (unpaired) electrons. The van der Waals surface area contributed by atoms with Crippen molar-refractivity contribution >= 4 is 11.6 Å². The Bertz CT molecular complexity index is 801. The Morgan fingerprint density at radius 3 is 2.80 bits per heavy atom. The minimum absolute atomic E-state index is 0.0390. The highest BCUT2D eigenvalue weighted by molar-refractivity contribution is 5.75. The van der Waals surface area contributed by atoms with E-state index < -0.39 is 0 Å². The normalized spacial score (nSPS) is 10.9. The molecular formula is C19H22N4O2. The van der Waals surface area contributed by atoms with Crippen molar-refractivity contribution in [1.29, 1.82) is 0 Å². The lowest BCUT2D eigenvalue weighted by Gasteiger charge is -2.06. The average molecular weight is 338 g/mol. The Morgan fingerprint density at radius 1 is 1.08 bits per heavy atom. The minimum Gasteiger partial charge on any atom is -0.377 e. The van der Waals surface area contributed by atoms with Crippen LogP contribution in [0.4, 0.5) is 0 Å².